The largest absolute Gasteiger partial charge is 0.385 e. The molecule has 1 aromatic carbocycles. The summed E-state index contributed by atoms with van der Waals surface area (Å²) < 4.78 is 0. The van der Waals surface area contributed by atoms with Crippen molar-refractivity contribution in [2.45, 2.75) is 38.2 Å². The van der Waals surface area contributed by atoms with Crippen LogP contribution in [0.3, 0.4) is 0 Å². The van der Waals surface area contributed by atoms with E-state index in [-0.39, 0.29) is 0 Å². The van der Waals surface area contributed by atoms with E-state index in [4.69, 9.17) is 11.6 Å². The number of piperidine rings is 1. The number of halogens is 1. The molecule has 1 fully saturated rings. The minimum atomic E-state index is -0.762. The van der Waals surface area contributed by atoms with Gasteiger partial charge in [-0.15, -0.1) is 0 Å². The molecule has 0 amide bonds. The summed E-state index contributed by atoms with van der Waals surface area (Å²) in [4.78, 5) is 2.45. The van der Waals surface area contributed by atoms with E-state index in [0.29, 0.717) is 5.02 Å². The lowest BCUT2D eigenvalue weighted by Gasteiger charge is -2.31. The van der Waals surface area contributed by atoms with E-state index in [0.717, 1.165) is 18.5 Å². The molecule has 18 heavy (non-hydrogen) atoms. The predicted octanol–water partition coefficient (Wildman–Crippen LogP) is 3.42. The summed E-state index contributed by atoms with van der Waals surface area (Å²) in [7, 11) is 0. The molecule has 3 heteroatoms. The summed E-state index contributed by atoms with van der Waals surface area (Å²) in [6.07, 6.45) is 4.71. The second-order valence-electron chi connectivity index (χ2n) is 5.43. The van der Waals surface area contributed by atoms with Crippen molar-refractivity contribution < 1.29 is 5.11 Å². The highest BCUT2D eigenvalue weighted by atomic mass is 35.5. The Kier molecular flexibility index (Phi) is 4.66. The first-order chi connectivity index (χ1) is 8.58. The molecule has 1 saturated heterocycles. The van der Waals surface area contributed by atoms with Gasteiger partial charge < -0.3 is 10.0 Å². The van der Waals surface area contributed by atoms with Crippen LogP contribution in [0.15, 0.2) is 24.3 Å². The molecule has 0 saturated carbocycles. The quantitative estimate of drug-likeness (QED) is 0.904. The van der Waals surface area contributed by atoms with E-state index in [1.54, 1.807) is 0 Å². The van der Waals surface area contributed by atoms with Crippen LogP contribution in [0.2, 0.25) is 5.02 Å². The van der Waals surface area contributed by atoms with Gasteiger partial charge in [0.05, 0.1) is 5.60 Å². The Morgan fingerprint density at radius 1 is 1.17 bits per heavy atom. The highest BCUT2D eigenvalue weighted by Gasteiger charge is 2.24. The van der Waals surface area contributed by atoms with Gasteiger partial charge in [0.15, 0.2) is 0 Å². The molecule has 0 aliphatic carbocycles. The second kappa shape index (κ2) is 6.05. The van der Waals surface area contributed by atoms with Crippen LogP contribution in [0.25, 0.3) is 0 Å². The highest BCUT2D eigenvalue weighted by molar-refractivity contribution is 6.30. The topological polar surface area (TPSA) is 23.5 Å². The number of aliphatic hydroxyl groups is 1. The average Bonchev–Trinajstić information content (AvgIpc) is 2.38. The van der Waals surface area contributed by atoms with Crippen molar-refractivity contribution in [2.75, 3.05) is 19.6 Å². The van der Waals surface area contributed by atoms with Crippen LogP contribution < -0.4 is 0 Å². The van der Waals surface area contributed by atoms with Gasteiger partial charge in [0.2, 0.25) is 0 Å². The predicted molar refractivity (Wildman–Crippen MR) is 75.9 cm³/mol. The fourth-order valence-electron chi connectivity index (χ4n) is 2.51. The second-order valence-corrected chi connectivity index (χ2v) is 5.87. The van der Waals surface area contributed by atoms with Crippen molar-refractivity contribution >= 4 is 11.6 Å². The van der Waals surface area contributed by atoms with Gasteiger partial charge in [-0.1, -0.05) is 30.2 Å². The van der Waals surface area contributed by atoms with Gasteiger partial charge in [-0.3, -0.25) is 0 Å². The fraction of sp³-hybridized carbons (Fsp3) is 0.600. The molecule has 0 bridgehead atoms. The Hall–Kier alpha value is -0.570. The zero-order valence-corrected chi connectivity index (χ0v) is 11.8. The van der Waals surface area contributed by atoms with Crippen molar-refractivity contribution in [3.63, 3.8) is 0 Å². The summed E-state index contributed by atoms with van der Waals surface area (Å²) in [6, 6.07) is 7.51. The summed E-state index contributed by atoms with van der Waals surface area (Å²) >= 11 is 5.87. The van der Waals surface area contributed by atoms with E-state index in [1.807, 2.05) is 31.2 Å². The lowest BCUT2D eigenvalue weighted by Crippen LogP contribution is -2.34. The number of rotatable bonds is 4. The molecule has 1 unspecified atom stereocenters. The maximum absolute atomic E-state index is 10.5. The average molecular weight is 268 g/mol. The minimum absolute atomic E-state index is 0.714. The van der Waals surface area contributed by atoms with Gasteiger partial charge in [0.25, 0.3) is 0 Å². The van der Waals surface area contributed by atoms with Crippen molar-refractivity contribution in [2.24, 2.45) is 0 Å². The standard InChI is InChI=1S/C15H22ClNO/c1-15(18,13-5-7-14(16)8-6-13)9-12-17-10-3-2-4-11-17/h5-8,18H,2-4,9-12H2,1H3. The van der Waals surface area contributed by atoms with Crippen molar-refractivity contribution in [3.8, 4) is 0 Å². The van der Waals surface area contributed by atoms with Gasteiger partial charge in [-0.2, -0.15) is 0 Å². The molecule has 100 valence electrons. The molecule has 0 spiro atoms. The minimum Gasteiger partial charge on any atom is -0.385 e. The summed E-state index contributed by atoms with van der Waals surface area (Å²) in [5.41, 5.74) is 0.186. The van der Waals surface area contributed by atoms with Gasteiger partial charge in [0, 0.05) is 11.6 Å². The van der Waals surface area contributed by atoms with E-state index in [1.165, 1.54) is 32.4 Å². The van der Waals surface area contributed by atoms with E-state index in [9.17, 15) is 5.11 Å². The molecule has 1 atom stereocenters. The van der Waals surface area contributed by atoms with Gasteiger partial charge in [-0.05, 0) is 57.0 Å². The van der Waals surface area contributed by atoms with Crippen molar-refractivity contribution in [1.29, 1.82) is 0 Å². The van der Waals surface area contributed by atoms with E-state index in [2.05, 4.69) is 4.90 Å². The van der Waals surface area contributed by atoms with Crippen LogP contribution in [-0.4, -0.2) is 29.6 Å². The summed E-state index contributed by atoms with van der Waals surface area (Å²) in [5, 5.41) is 11.3. The molecular formula is C15H22ClNO. The smallest absolute Gasteiger partial charge is 0.0880 e. The van der Waals surface area contributed by atoms with E-state index < -0.39 is 5.60 Å². The van der Waals surface area contributed by atoms with Gasteiger partial charge in [-0.25, -0.2) is 0 Å². The molecule has 1 aromatic rings. The molecule has 2 nitrogen and oxygen atoms in total. The summed E-state index contributed by atoms with van der Waals surface area (Å²) in [6.45, 7) is 5.21. The van der Waals surface area contributed by atoms with Gasteiger partial charge >= 0.3 is 0 Å². The monoisotopic (exact) mass is 267 g/mol. The normalized spacial score (nSPS) is 20.6. The summed E-state index contributed by atoms with van der Waals surface area (Å²) in [5.74, 6) is 0. The Labute approximate surface area is 115 Å². The molecule has 0 aromatic heterocycles. The molecular weight excluding hydrogens is 246 g/mol. The number of nitrogens with zero attached hydrogens (tertiary/aromatic N) is 1. The Morgan fingerprint density at radius 2 is 1.78 bits per heavy atom. The Balaban J connectivity index is 1.91. The molecule has 2 rings (SSSR count). The maximum atomic E-state index is 10.5. The van der Waals surface area contributed by atoms with Crippen LogP contribution >= 0.6 is 11.6 Å². The van der Waals surface area contributed by atoms with Crippen LogP contribution in [0.1, 0.15) is 38.2 Å². The first-order valence-corrected chi connectivity index (χ1v) is 7.16. The zero-order valence-electron chi connectivity index (χ0n) is 11.0. The third kappa shape index (κ3) is 3.71. The number of hydrogen-bond acceptors (Lipinski definition) is 2. The van der Waals surface area contributed by atoms with Crippen LogP contribution in [-0.2, 0) is 5.60 Å². The Morgan fingerprint density at radius 3 is 2.39 bits per heavy atom. The van der Waals surface area contributed by atoms with Crippen LogP contribution in [0.5, 0.6) is 0 Å². The highest BCUT2D eigenvalue weighted by Crippen LogP contribution is 2.26. The maximum Gasteiger partial charge on any atom is 0.0880 e. The number of likely N-dealkylation sites (tertiary alicyclic amines) is 1. The van der Waals surface area contributed by atoms with Crippen molar-refractivity contribution in [3.05, 3.63) is 34.9 Å². The fourth-order valence-corrected chi connectivity index (χ4v) is 2.64. The zero-order chi connectivity index (χ0) is 13.0. The third-order valence-electron chi connectivity index (χ3n) is 3.83. The SMILES string of the molecule is CC(O)(CCN1CCCCC1)c1ccc(Cl)cc1. The first-order valence-electron chi connectivity index (χ1n) is 6.79. The van der Waals surface area contributed by atoms with Crippen LogP contribution in [0.4, 0.5) is 0 Å². The lowest BCUT2D eigenvalue weighted by atomic mass is 9.92. The third-order valence-corrected chi connectivity index (χ3v) is 4.08. The first kappa shape index (κ1) is 13.9. The van der Waals surface area contributed by atoms with Crippen LogP contribution in [0, 0.1) is 0 Å². The lowest BCUT2D eigenvalue weighted by molar-refractivity contribution is 0.0337. The number of benzene rings is 1. The van der Waals surface area contributed by atoms with Crippen molar-refractivity contribution in [1.82, 2.24) is 4.90 Å². The Bertz CT molecular complexity index is 369. The number of hydrogen-bond donors (Lipinski definition) is 1. The molecule has 1 aliphatic heterocycles. The molecule has 1 heterocycles. The van der Waals surface area contributed by atoms with Gasteiger partial charge in [0.1, 0.15) is 0 Å². The van der Waals surface area contributed by atoms with E-state index >= 15 is 0 Å². The molecule has 0 radical (unpaired) electrons. The molecule has 1 N–H and O–H groups in total. The molecule has 1 aliphatic rings.